The lowest BCUT2D eigenvalue weighted by atomic mass is 10.2. The number of carbonyl (C=O) groups excluding carboxylic acids is 1. The maximum absolute atomic E-state index is 13.2. The summed E-state index contributed by atoms with van der Waals surface area (Å²) in [4.78, 5) is 15.9. The molecule has 0 spiro atoms. The first-order valence-corrected chi connectivity index (χ1v) is 5.81. The van der Waals surface area contributed by atoms with Crippen molar-refractivity contribution in [2.45, 2.75) is 6.92 Å². The van der Waals surface area contributed by atoms with Crippen LogP contribution in [-0.4, -0.2) is 17.9 Å². The minimum atomic E-state index is -0.548. The first-order chi connectivity index (χ1) is 9.10. The van der Waals surface area contributed by atoms with Gasteiger partial charge in [0.05, 0.1) is 11.8 Å². The molecule has 4 nitrogen and oxygen atoms in total. The van der Waals surface area contributed by atoms with Crippen LogP contribution in [0.3, 0.4) is 0 Å². The summed E-state index contributed by atoms with van der Waals surface area (Å²) in [5, 5.41) is 5.46. The van der Waals surface area contributed by atoms with Crippen molar-refractivity contribution >= 4 is 17.4 Å². The molecule has 0 aliphatic heterocycles. The third-order valence-corrected chi connectivity index (χ3v) is 2.65. The molecule has 2 aromatic rings. The van der Waals surface area contributed by atoms with E-state index in [0.29, 0.717) is 11.5 Å². The predicted molar refractivity (Wildman–Crippen MR) is 72.9 cm³/mol. The highest BCUT2D eigenvalue weighted by Crippen LogP contribution is 2.16. The summed E-state index contributed by atoms with van der Waals surface area (Å²) in [6.45, 7) is 1.96. The van der Waals surface area contributed by atoms with Gasteiger partial charge in [-0.2, -0.15) is 0 Å². The van der Waals surface area contributed by atoms with Gasteiger partial charge in [-0.1, -0.05) is 17.7 Å². The highest BCUT2D eigenvalue weighted by molar-refractivity contribution is 6.07. The van der Waals surface area contributed by atoms with Gasteiger partial charge in [0.2, 0.25) is 0 Å². The van der Waals surface area contributed by atoms with Gasteiger partial charge in [-0.05, 0) is 25.1 Å². The number of aromatic nitrogens is 1. The molecule has 0 radical (unpaired) electrons. The van der Waals surface area contributed by atoms with E-state index in [-0.39, 0.29) is 5.56 Å². The van der Waals surface area contributed by atoms with Gasteiger partial charge in [-0.15, -0.1) is 0 Å². The van der Waals surface area contributed by atoms with Gasteiger partial charge in [0.1, 0.15) is 11.6 Å². The van der Waals surface area contributed by atoms with Crippen molar-refractivity contribution in [3.63, 3.8) is 0 Å². The third-order valence-electron chi connectivity index (χ3n) is 2.65. The van der Waals surface area contributed by atoms with Crippen LogP contribution in [0, 0.1) is 12.7 Å². The predicted octanol–water partition coefficient (Wildman–Crippen LogP) is 2.82. The van der Waals surface area contributed by atoms with E-state index in [2.05, 4.69) is 15.6 Å². The van der Waals surface area contributed by atoms with Gasteiger partial charge in [-0.3, -0.25) is 4.79 Å². The Morgan fingerprint density at radius 2 is 1.95 bits per heavy atom. The number of hydrogen-bond donors (Lipinski definition) is 2. The molecule has 0 atom stereocenters. The van der Waals surface area contributed by atoms with Crippen molar-refractivity contribution in [3.05, 3.63) is 53.5 Å². The Morgan fingerprint density at radius 3 is 2.58 bits per heavy atom. The molecule has 0 saturated carbocycles. The van der Waals surface area contributed by atoms with Crippen LogP contribution in [0.5, 0.6) is 0 Å². The standard InChI is InChI=1S/C14H14FN3O/c1-9-3-5-11(6-4-9)18-14(19)12-7-10(15)8-17-13(12)16-2/h3-8H,1-2H3,(H,16,17)(H,18,19). The van der Waals surface area contributed by atoms with E-state index in [1.807, 2.05) is 19.1 Å². The number of amides is 1. The van der Waals surface area contributed by atoms with Gasteiger partial charge >= 0.3 is 0 Å². The normalized spacial score (nSPS) is 10.1. The summed E-state index contributed by atoms with van der Waals surface area (Å²) in [5.41, 5.74) is 1.92. The molecular formula is C14H14FN3O. The molecule has 5 heteroatoms. The molecule has 19 heavy (non-hydrogen) atoms. The zero-order chi connectivity index (χ0) is 13.8. The zero-order valence-electron chi connectivity index (χ0n) is 10.7. The average Bonchev–Trinajstić information content (AvgIpc) is 2.41. The Labute approximate surface area is 110 Å². The number of halogens is 1. The number of aryl methyl sites for hydroxylation is 1. The number of benzene rings is 1. The molecule has 0 fully saturated rings. The highest BCUT2D eigenvalue weighted by Gasteiger charge is 2.13. The van der Waals surface area contributed by atoms with Crippen molar-refractivity contribution in [1.82, 2.24) is 4.98 Å². The monoisotopic (exact) mass is 259 g/mol. The fraction of sp³-hybridized carbons (Fsp3) is 0.143. The van der Waals surface area contributed by atoms with Crippen LogP contribution >= 0.6 is 0 Å². The number of rotatable bonds is 3. The second-order valence-corrected chi connectivity index (χ2v) is 4.12. The van der Waals surface area contributed by atoms with Gasteiger partial charge in [0.25, 0.3) is 5.91 Å². The largest absolute Gasteiger partial charge is 0.372 e. The van der Waals surface area contributed by atoms with Gasteiger partial charge in [0.15, 0.2) is 0 Å². The average molecular weight is 259 g/mol. The van der Waals surface area contributed by atoms with E-state index in [9.17, 15) is 9.18 Å². The SMILES string of the molecule is CNc1ncc(F)cc1C(=O)Nc1ccc(C)cc1. The molecule has 1 heterocycles. The lowest BCUT2D eigenvalue weighted by molar-refractivity contribution is 0.102. The van der Waals surface area contributed by atoms with Gasteiger partial charge in [0, 0.05) is 12.7 Å². The van der Waals surface area contributed by atoms with Crippen LogP contribution in [0.1, 0.15) is 15.9 Å². The second-order valence-electron chi connectivity index (χ2n) is 4.12. The minimum Gasteiger partial charge on any atom is -0.372 e. The minimum absolute atomic E-state index is 0.170. The Balaban J connectivity index is 2.24. The maximum Gasteiger partial charge on any atom is 0.259 e. The van der Waals surface area contributed by atoms with Gasteiger partial charge in [-0.25, -0.2) is 9.37 Å². The molecule has 0 bridgehead atoms. The summed E-state index contributed by atoms with van der Waals surface area (Å²) < 4.78 is 13.2. The Morgan fingerprint density at radius 1 is 1.26 bits per heavy atom. The van der Waals surface area contributed by atoms with E-state index in [1.165, 1.54) is 0 Å². The Bertz CT molecular complexity index is 596. The number of hydrogen-bond acceptors (Lipinski definition) is 3. The first kappa shape index (κ1) is 13.0. The Hall–Kier alpha value is -2.43. The van der Waals surface area contributed by atoms with Crippen LogP contribution in [0.15, 0.2) is 36.5 Å². The number of nitrogens with zero attached hydrogens (tertiary/aromatic N) is 1. The molecule has 1 aromatic carbocycles. The fourth-order valence-electron chi connectivity index (χ4n) is 1.65. The van der Waals surface area contributed by atoms with Crippen LogP contribution in [0.2, 0.25) is 0 Å². The summed E-state index contributed by atoms with van der Waals surface area (Å²) in [6, 6.07) is 8.51. The van der Waals surface area contributed by atoms with Crippen molar-refractivity contribution in [3.8, 4) is 0 Å². The Kier molecular flexibility index (Phi) is 3.75. The molecular weight excluding hydrogens is 245 g/mol. The van der Waals surface area contributed by atoms with E-state index < -0.39 is 11.7 Å². The maximum atomic E-state index is 13.2. The molecule has 2 rings (SSSR count). The quantitative estimate of drug-likeness (QED) is 0.891. The first-order valence-electron chi connectivity index (χ1n) is 5.81. The van der Waals surface area contributed by atoms with E-state index in [1.54, 1.807) is 19.2 Å². The molecule has 0 saturated heterocycles. The second kappa shape index (κ2) is 5.48. The molecule has 98 valence electrons. The van der Waals surface area contributed by atoms with Crippen LogP contribution in [-0.2, 0) is 0 Å². The molecule has 0 unspecified atom stereocenters. The smallest absolute Gasteiger partial charge is 0.259 e. The molecule has 2 N–H and O–H groups in total. The number of pyridine rings is 1. The van der Waals surface area contributed by atoms with E-state index >= 15 is 0 Å². The lowest BCUT2D eigenvalue weighted by Crippen LogP contribution is -2.15. The van der Waals surface area contributed by atoms with E-state index in [0.717, 1.165) is 17.8 Å². The number of anilines is 2. The highest BCUT2D eigenvalue weighted by atomic mass is 19.1. The van der Waals surface area contributed by atoms with Crippen molar-refractivity contribution in [2.75, 3.05) is 17.7 Å². The fourth-order valence-corrected chi connectivity index (χ4v) is 1.65. The third kappa shape index (κ3) is 3.07. The number of carbonyl (C=O) groups is 1. The molecule has 1 amide bonds. The number of nitrogens with one attached hydrogen (secondary N) is 2. The lowest BCUT2D eigenvalue weighted by Gasteiger charge is -2.09. The van der Waals surface area contributed by atoms with Crippen molar-refractivity contribution < 1.29 is 9.18 Å². The summed E-state index contributed by atoms with van der Waals surface area (Å²) >= 11 is 0. The van der Waals surface area contributed by atoms with E-state index in [4.69, 9.17) is 0 Å². The zero-order valence-corrected chi connectivity index (χ0v) is 10.7. The van der Waals surface area contributed by atoms with Gasteiger partial charge < -0.3 is 10.6 Å². The molecule has 0 aliphatic carbocycles. The molecule has 0 aliphatic rings. The summed E-state index contributed by atoms with van der Waals surface area (Å²) in [7, 11) is 1.63. The van der Waals surface area contributed by atoms with Crippen molar-refractivity contribution in [2.24, 2.45) is 0 Å². The van der Waals surface area contributed by atoms with Crippen molar-refractivity contribution in [1.29, 1.82) is 0 Å². The summed E-state index contributed by atoms with van der Waals surface area (Å²) in [5.74, 6) is -0.612. The van der Waals surface area contributed by atoms with Crippen LogP contribution < -0.4 is 10.6 Å². The summed E-state index contributed by atoms with van der Waals surface area (Å²) in [6.07, 6.45) is 1.06. The molecule has 1 aromatic heterocycles. The topological polar surface area (TPSA) is 54.0 Å². The van der Waals surface area contributed by atoms with Crippen LogP contribution in [0.4, 0.5) is 15.9 Å². The van der Waals surface area contributed by atoms with Crippen LogP contribution in [0.25, 0.3) is 0 Å².